The molecule has 1 rings (SSSR count). The third-order valence-corrected chi connectivity index (χ3v) is 5.02. The van der Waals surface area contributed by atoms with Crippen molar-refractivity contribution in [3.05, 3.63) is 34.9 Å². The Morgan fingerprint density at radius 2 is 1.81 bits per heavy atom. The summed E-state index contributed by atoms with van der Waals surface area (Å²) in [6, 6.07) is 0. The van der Waals surface area contributed by atoms with Gasteiger partial charge in [-0.2, -0.15) is 0 Å². The average molecular weight is 365 g/mol. The van der Waals surface area contributed by atoms with E-state index >= 15 is 0 Å². The van der Waals surface area contributed by atoms with Crippen LogP contribution in [0.15, 0.2) is 34.9 Å². The molecule has 3 heteroatoms. The van der Waals surface area contributed by atoms with E-state index in [9.17, 15) is 5.11 Å². The van der Waals surface area contributed by atoms with Gasteiger partial charge < -0.3 is 14.6 Å². The van der Waals surface area contributed by atoms with Crippen LogP contribution in [0.25, 0.3) is 0 Å². The van der Waals surface area contributed by atoms with Crippen LogP contribution in [0.5, 0.6) is 0 Å². The minimum absolute atomic E-state index is 0.0240. The SMILES string of the molecule is CC=C(C)CCC=C(C)CCC(O)CCC=C(C)COC1CCCCO1. The van der Waals surface area contributed by atoms with Crippen molar-refractivity contribution in [3.63, 3.8) is 0 Å². The molecule has 3 nitrogen and oxygen atoms in total. The van der Waals surface area contributed by atoms with Crippen LogP contribution < -0.4 is 0 Å². The highest BCUT2D eigenvalue weighted by Crippen LogP contribution is 2.16. The highest BCUT2D eigenvalue weighted by Gasteiger charge is 2.13. The van der Waals surface area contributed by atoms with Crippen LogP contribution in [0, 0.1) is 0 Å². The third-order valence-electron chi connectivity index (χ3n) is 5.02. The summed E-state index contributed by atoms with van der Waals surface area (Å²) in [5.41, 5.74) is 4.05. The quantitative estimate of drug-likeness (QED) is 0.426. The summed E-state index contributed by atoms with van der Waals surface area (Å²) in [6.07, 6.45) is 15.6. The predicted molar refractivity (Wildman–Crippen MR) is 110 cm³/mol. The summed E-state index contributed by atoms with van der Waals surface area (Å²) in [4.78, 5) is 0. The molecule has 0 saturated carbocycles. The van der Waals surface area contributed by atoms with Gasteiger partial charge in [0.15, 0.2) is 6.29 Å². The number of hydrogen-bond acceptors (Lipinski definition) is 3. The van der Waals surface area contributed by atoms with Crippen LogP contribution >= 0.6 is 0 Å². The molecule has 0 bridgehead atoms. The van der Waals surface area contributed by atoms with Crippen LogP contribution in [-0.4, -0.2) is 30.7 Å². The van der Waals surface area contributed by atoms with E-state index in [0.29, 0.717) is 6.61 Å². The van der Waals surface area contributed by atoms with Gasteiger partial charge in [-0.3, -0.25) is 0 Å². The van der Waals surface area contributed by atoms with Crippen LogP contribution in [0.1, 0.15) is 85.5 Å². The lowest BCUT2D eigenvalue weighted by Gasteiger charge is -2.22. The van der Waals surface area contributed by atoms with Gasteiger partial charge in [0, 0.05) is 6.61 Å². The minimum atomic E-state index is -0.220. The Morgan fingerprint density at radius 3 is 2.50 bits per heavy atom. The molecule has 0 aromatic heterocycles. The molecule has 1 saturated heterocycles. The fraction of sp³-hybridized carbons (Fsp3) is 0.739. The smallest absolute Gasteiger partial charge is 0.158 e. The standard InChI is InChI=1S/C23H40O3/c1-5-19(2)10-8-11-20(3)15-16-22(24)13-9-12-21(4)18-26-23-14-6-7-17-25-23/h5,11-12,22-24H,6-10,13-18H2,1-4H3. The van der Waals surface area contributed by atoms with Crippen molar-refractivity contribution in [1.82, 2.24) is 0 Å². The number of aliphatic hydroxyl groups is 1. The second kappa shape index (κ2) is 14.2. The molecule has 150 valence electrons. The summed E-state index contributed by atoms with van der Waals surface area (Å²) in [7, 11) is 0. The molecule has 1 aliphatic heterocycles. The summed E-state index contributed by atoms with van der Waals surface area (Å²) >= 11 is 0. The first-order valence-corrected chi connectivity index (χ1v) is 10.4. The number of allylic oxidation sites excluding steroid dienone is 5. The first-order chi connectivity index (χ1) is 12.5. The molecule has 0 aromatic rings. The molecule has 1 N–H and O–H groups in total. The molecule has 0 aliphatic carbocycles. The minimum Gasteiger partial charge on any atom is -0.393 e. The van der Waals surface area contributed by atoms with Gasteiger partial charge in [-0.05, 0) is 85.5 Å². The normalized spacial score (nSPS) is 21.1. The Kier molecular flexibility index (Phi) is 12.6. The van der Waals surface area contributed by atoms with Crippen molar-refractivity contribution in [1.29, 1.82) is 0 Å². The molecule has 0 amide bonds. The molecular formula is C23H40O3. The third kappa shape index (κ3) is 11.7. The summed E-state index contributed by atoms with van der Waals surface area (Å²) in [5, 5.41) is 10.2. The Morgan fingerprint density at radius 1 is 1.04 bits per heavy atom. The van der Waals surface area contributed by atoms with Gasteiger partial charge in [-0.25, -0.2) is 0 Å². The van der Waals surface area contributed by atoms with Crippen LogP contribution in [0.3, 0.4) is 0 Å². The van der Waals surface area contributed by atoms with Crippen molar-refractivity contribution in [2.75, 3.05) is 13.2 Å². The Balaban J connectivity index is 2.12. The Hall–Kier alpha value is -0.900. The van der Waals surface area contributed by atoms with Crippen molar-refractivity contribution >= 4 is 0 Å². The van der Waals surface area contributed by atoms with Crippen molar-refractivity contribution in [3.8, 4) is 0 Å². The van der Waals surface area contributed by atoms with Gasteiger partial charge in [0.05, 0.1) is 12.7 Å². The van der Waals surface area contributed by atoms with E-state index in [1.165, 1.54) is 23.1 Å². The molecule has 1 fully saturated rings. The highest BCUT2D eigenvalue weighted by molar-refractivity contribution is 5.03. The van der Waals surface area contributed by atoms with Gasteiger partial charge in [-0.1, -0.05) is 34.9 Å². The van der Waals surface area contributed by atoms with E-state index < -0.39 is 0 Å². The van der Waals surface area contributed by atoms with E-state index in [1.807, 2.05) is 0 Å². The lowest BCUT2D eigenvalue weighted by Crippen LogP contribution is -2.22. The summed E-state index contributed by atoms with van der Waals surface area (Å²) < 4.78 is 11.4. The maximum Gasteiger partial charge on any atom is 0.158 e. The van der Waals surface area contributed by atoms with Crippen LogP contribution in [0.4, 0.5) is 0 Å². The zero-order valence-corrected chi connectivity index (χ0v) is 17.4. The second-order valence-electron chi connectivity index (χ2n) is 7.65. The highest BCUT2D eigenvalue weighted by atomic mass is 16.7. The second-order valence-corrected chi connectivity index (χ2v) is 7.65. The summed E-state index contributed by atoms with van der Waals surface area (Å²) in [6.45, 7) is 9.99. The van der Waals surface area contributed by atoms with Crippen molar-refractivity contribution in [2.45, 2.75) is 97.9 Å². The average Bonchev–Trinajstić information content (AvgIpc) is 2.65. The van der Waals surface area contributed by atoms with Crippen LogP contribution in [-0.2, 0) is 9.47 Å². The maximum absolute atomic E-state index is 10.2. The van der Waals surface area contributed by atoms with Crippen molar-refractivity contribution in [2.24, 2.45) is 0 Å². The van der Waals surface area contributed by atoms with Gasteiger partial charge in [0.1, 0.15) is 0 Å². The molecule has 2 unspecified atom stereocenters. The summed E-state index contributed by atoms with van der Waals surface area (Å²) in [5.74, 6) is 0. The maximum atomic E-state index is 10.2. The van der Waals surface area contributed by atoms with Gasteiger partial charge in [0.25, 0.3) is 0 Å². The molecule has 0 radical (unpaired) electrons. The number of aliphatic hydroxyl groups excluding tert-OH is 1. The van der Waals surface area contributed by atoms with Gasteiger partial charge >= 0.3 is 0 Å². The molecule has 2 atom stereocenters. The zero-order chi connectivity index (χ0) is 19.2. The largest absolute Gasteiger partial charge is 0.393 e. The molecule has 1 heterocycles. The number of ether oxygens (including phenoxy) is 2. The first-order valence-electron chi connectivity index (χ1n) is 10.4. The van der Waals surface area contributed by atoms with Gasteiger partial charge in [0.2, 0.25) is 0 Å². The first kappa shape index (κ1) is 23.1. The monoisotopic (exact) mass is 364 g/mol. The fourth-order valence-electron chi connectivity index (χ4n) is 2.98. The molecule has 26 heavy (non-hydrogen) atoms. The lowest BCUT2D eigenvalue weighted by atomic mass is 10.0. The molecule has 0 aromatic carbocycles. The van der Waals surface area contributed by atoms with Crippen LogP contribution in [0.2, 0.25) is 0 Å². The lowest BCUT2D eigenvalue weighted by molar-refractivity contribution is -0.156. The van der Waals surface area contributed by atoms with E-state index in [0.717, 1.165) is 58.0 Å². The Labute approximate surface area is 161 Å². The van der Waals surface area contributed by atoms with E-state index in [1.54, 1.807) is 0 Å². The molecule has 0 spiro atoms. The Bertz CT molecular complexity index is 456. The van der Waals surface area contributed by atoms with E-state index in [2.05, 4.69) is 45.9 Å². The fourth-order valence-corrected chi connectivity index (χ4v) is 2.98. The van der Waals surface area contributed by atoms with E-state index in [-0.39, 0.29) is 12.4 Å². The number of rotatable bonds is 12. The van der Waals surface area contributed by atoms with E-state index in [4.69, 9.17) is 9.47 Å². The molecular weight excluding hydrogens is 324 g/mol. The molecule has 1 aliphatic rings. The topological polar surface area (TPSA) is 38.7 Å². The van der Waals surface area contributed by atoms with Crippen molar-refractivity contribution < 1.29 is 14.6 Å². The number of hydrogen-bond donors (Lipinski definition) is 1. The van der Waals surface area contributed by atoms with Gasteiger partial charge in [-0.15, -0.1) is 0 Å². The zero-order valence-electron chi connectivity index (χ0n) is 17.4. The predicted octanol–water partition coefficient (Wildman–Crippen LogP) is 6.09.